The molecule has 6 nitrogen and oxygen atoms in total. The number of hydrogen-bond donors (Lipinski definition) is 1. The summed E-state index contributed by atoms with van der Waals surface area (Å²) in [6, 6.07) is 9.26. The van der Waals surface area contributed by atoms with Crippen molar-refractivity contribution in [1.29, 1.82) is 0 Å². The maximum Gasteiger partial charge on any atom is 0.311 e. The van der Waals surface area contributed by atoms with Gasteiger partial charge in [0.05, 0.1) is 36.2 Å². The molecule has 0 aliphatic carbocycles. The summed E-state index contributed by atoms with van der Waals surface area (Å²) in [7, 11) is -1.61. The minimum absolute atomic E-state index is 0.0823. The molecule has 122 valence electrons. The van der Waals surface area contributed by atoms with Crippen LogP contribution < -0.4 is 5.32 Å². The lowest BCUT2D eigenvalue weighted by molar-refractivity contribution is -0.139. The van der Waals surface area contributed by atoms with Crippen LogP contribution in [0.25, 0.3) is 10.9 Å². The minimum atomic E-state index is -2.95. The van der Waals surface area contributed by atoms with Crippen molar-refractivity contribution in [2.24, 2.45) is 0 Å². The van der Waals surface area contributed by atoms with E-state index in [0.29, 0.717) is 12.1 Å². The first-order chi connectivity index (χ1) is 11.0. The molecule has 1 N–H and O–H groups in total. The fourth-order valence-electron chi connectivity index (χ4n) is 2.79. The topological polar surface area (TPSA) is 85.4 Å². The van der Waals surface area contributed by atoms with Gasteiger partial charge in [-0.3, -0.25) is 9.78 Å². The van der Waals surface area contributed by atoms with Crippen LogP contribution in [0, 0.1) is 0 Å². The molecule has 23 heavy (non-hydrogen) atoms. The van der Waals surface area contributed by atoms with E-state index in [0.717, 1.165) is 16.6 Å². The maximum atomic E-state index is 11.6. The van der Waals surface area contributed by atoms with Crippen LogP contribution in [0.2, 0.25) is 0 Å². The fourth-order valence-corrected chi connectivity index (χ4v) is 4.46. The van der Waals surface area contributed by atoms with Crippen LogP contribution in [0.3, 0.4) is 0 Å². The zero-order chi connectivity index (χ0) is 16.4. The normalized spacial score (nSPS) is 19.6. The number of pyridine rings is 1. The van der Waals surface area contributed by atoms with Gasteiger partial charge in [0.15, 0.2) is 9.84 Å². The molecule has 1 unspecified atom stereocenters. The average Bonchev–Trinajstić information content (AvgIpc) is 2.86. The van der Waals surface area contributed by atoms with Crippen molar-refractivity contribution >= 4 is 32.4 Å². The van der Waals surface area contributed by atoms with Gasteiger partial charge in [0, 0.05) is 17.1 Å². The number of anilines is 1. The SMILES string of the molecule is COC(=O)Cc1cc(NC2CCS(=O)(=O)C2)c2ccccc2n1. The zero-order valence-corrected chi connectivity index (χ0v) is 13.6. The molecule has 1 aliphatic heterocycles. The second kappa shape index (κ2) is 6.16. The molecule has 1 aromatic carbocycles. The molecule has 2 heterocycles. The molecule has 3 rings (SSSR count). The Hall–Kier alpha value is -2.15. The number of carbonyl (C=O) groups is 1. The van der Waals surface area contributed by atoms with Crippen molar-refractivity contribution in [2.75, 3.05) is 23.9 Å². The molecule has 1 fully saturated rings. The summed E-state index contributed by atoms with van der Waals surface area (Å²) in [5.74, 6) is -0.0132. The summed E-state index contributed by atoms with van der Waals surface area (Å²) in [5, 5.41) is 4.21. The van der Waals surface area contributed by atoms with E-state index in [4.69, 9.17) is 0 Å². The van der Waals surface area contributed by atoms with Gasteiger partial charge in [-0.2, -0.15) is 0 Å². The summed E-state index contributed by atoms with van der Waals surface area (Å²) in [6.07, 6.45) is 0.671. The molecule has 0 bridgehead atoms. The third kappa shape index (κ3) is 3.61. The number of hydrogen-bond acceptors (Lipinski definition) is 6. The third-order valence-corrected chi connectivity index (χ3v) is 5.68. The Bertz CT molecular complexity index is 848. The molecule has 7 heteroatoms. The molecule has 2 aromatic rings. The van der Waals surface area contributed by atoms with Crippen LogP contribution in [0.5, 0.6) is 0 Å². The summed E-state index contributed by atoms with van der Waals surface area (Å²) < 4.78 is 28.0. The number of nitrogens with zero attached hydrogens (tertiary/aromatic N) is 1. The van der Waals surface area contributed by atoms with Gasteiger partial charge in [-0.05, 0) is 18.6 Å². The number of benzene rings is 1. The van der Waals surface area contributed by atoms with Crippen LogP contribution in [0.1, 0.15) is 12.1 Å². The summed E-state index contributed by atoms with van der Waals surface area (Å²) in [5.41, 5.74) is 2.16. The number of fused-ring (bicyclic) bond motifs is 1. The summed E-state index contributed by atoms with van der Waals surface area (Å²) in [6.45, 7) is 0. The molecule has 1 aromatic heterocycles. The van der Waals surface area contributed by atoms with Gasteiger partial charge in [-0.15, -0.1) is 0 Å². The second-order valence-corrected chi connectivity index (χ2v) is 7.90. The van der Waals surface area contributed by atoms with E-state index in [1.807, 2.05) is 24.3 Å². The zero-order valence-electron chi connectivity index (χ0n) is 12.8. The van der Waals surface area contributed by atoms with Crippen molar-refractivity contribution in [3.05, 3.63) is 36.0 Å². The van der Waals surface area contributed by atoms with Crippen molar-refractivity contribution in [2.45, 2.75) is 18.9 Å². The van der Waals surface area contributed by atoms with Gasteiger partial charge in [0.25, 0.3) is 0 Å². The highest BCUT2D eigenvalue weighted by molar-refractivity contribution is 7.91. The van der Waals surface area contributed by atoms with Gasteiger partial charge < -0.3 is 10.1 Å². The van der Waals surface area contributed by atoms with Crippen molar-refractivity contribution in [1.82, 2.24) is 4.98 Å². The largest absolute Gasteiger partial charge is 0.469 e. The van der Waals surface area contributed by atoms with Crippen LogP contribution in [-0.2, 0) is 25.8 Å². The molecule has 0 saturated carbocycles. The Labute approximate surface area is 134 Å². The fraction of sp³-hybridized carbons (Fsp3) is 0.375. The van der Waals surface area contributed by atoms with Gasteiger partial charge in [-0.1, -0.05) is 18.2 Å². The molecule has 0 amide bonds. The van der Waals surface area contributed by atoms with E-state index >= 15 is 0 Å². The van der Waals surface area contributed by atoms with E-state index in [2.05, 4.69) is 15.0 Å². The second-order valence-electron chi connectivity index (χ2n) is 5.68. The Balaban J connectivity index is 1.95. The van der Waals surface area contributed by atoms with E-state index in [9.17, 15) is 13.2 Å². The van der Waals surface area contributed by atoms with Gasteiger partial charge in [-0.25, -0.2) is 8.42 Å². The number of ether oxygens (including phenoxy) is 1. The van der Waals surface area contributed by atoms with Gasteiger partial charge >= 0.3 is 5.97 Å². The molecule has 1 aliphatic rings. The highest BCUT2D eigenvalue weighted by Gasteiger charge is 2.28. The van der Waals surface area contributed by atoms with Crippen LogP contribution >= 0.6 is 0 Å². The third-order valence-electron chi connectivity index (χ3n) is 3.91. The molecule has 1 atom stereocenters. The lowest BCUT2D eigenvalue weighted by Crippen LogP contribution is -2.21. The highest BCUT2D eigenvalue weighted by atomic mass is 32.2. The van der Waals surface area contributed by atoms with Crippen LogP contribution in [0.4, 0.5) is 5.69 Å². The van der Waals surface area contributed by atoms with Crippen LogP contribution in [-0.4, -0.2) is 44.0 Å². The maximum absolute atomic E-state index is 11.6. The number of esters is 1. The van der Waals surface area contributed by atoms with E-state index in [-0.39, 0.29) is 29.9 Å². The number of sulfone groups is 1. The van der Waals surface area contributed by atoms with Gasteiger partial charge in [0.2, 0.25) is 0 Å². The first-order valence-electron chi connectivity index (χ1n) is 7.39. The lowest BCUT2D eigenvalue weighted by atomic mass is 10.1. The predicted molar refractivity (Wildman–Crippen MR) is 88.1 cm³/mol. The Morgan fingerprint density at radius 1 is 1.39 bits per heavy atom. The monoisotopic (exact) mass is 334 g/mol. The Morgan fingerprint density at radius 2 is 2.17 bits per heavy atom. The Morgan fingerprint density at radius 3 is 2.87 bits per heavy atom. The first-order valence-corrected chi connectivity index (χ1v) is 9.21. The molecular formula is C16H18N2O4S. The number of para-hydroxylation sites is 1. The summed E-state index contributed by atoms with van der Waals surface area (Å²) >= 11 is 0. The number of rotatable bonds is 4. The predicted octanol–water partition coefficient (Wildman–Crippen LogP) is 1.55. The van der Waals surface area contributed by atoms with Crippen molar-refractivity contribution in [3.8, 4) is 0 Å². The Kier molecular flexibility index (Phi) is 4.21. The number of aromatic nitrogens is 1. The number of nitrogens with one attached hydrogen (secondary N) is 1. The minimum Gasteiger partial charge on any atom is -0.469 e. The highest BCUT2D eigenvalue weighted by Crippen LogP contribution is 2.26. The van der Waals surface area contributed by atoms with Crippen molar-refractivity contribution < 1.29 is 17.9 Å². The van der Waals surface area contributed by atoms with Crippen molar-refractivity contribution in [3.63, 3.8) is 0 Å². The molecule has 0 spiro atoms. The average molecular weight is 334 g/mol. The number of carbonyl (C=O) groups excluding carboxylic acids is 1. The quantitative estimate of drug-likeness (QED) is 0.854. The number of methoxy groups -OCH3 is 1. The smallest absolute Gasteiger partial charge is 0.311 e. The van der Waals surface area contributed by atoms with E-state index in [1.54, 1.807) is 6.07 Å². The first kappa shape index (κ1) is 15.7. The summed E-state index contributed by atoms with van der Waals surface area (Å²) in [4.78, 5) is 16.0. The molecular weight excluding hydrogens is 316 g/mol. The molecule has 0 radical (unpaired) electrons. The standard InChI is InChI=1S/C16H18N2O4S/c1-22-16(19)9-12-8-15(13-4-2-3-5-14(13)18-12)17-11-6-7-23(20,21)10-11/h2-5,8,11H,6-7,9-10H2,1H3,(H,17,18). The molecule has 1 saturated heterocycles. The van der Waals surface area contributed by atoms with Gasteiger partial charge in [0.1, 0.15) is 0 Å². The lowest BCUT2D eigenvalue weighted by Gasteiger charge is -2.16. The van der Waals surface area contributed by atoms with E-state index in [1.165, 1.54) is 7.11 Å². The van der Waals surface area contributed by atoms with Crippen LogP contribution in [0.15, 0.2) is 30.3 Å². The van der Waals surface area contributed by atoms with E-state index < -0.39 is 9.84 Å².